The van der Waals surface area contributed by atoms with Gasteiger partial charge in [0.15, 0.2) is 0 Å². The highest BCUT2D eigenvalue weighted by Crippen LogP contribution is 2.40. The van der Waals surface area contributed by atoms with Crippen LogP contribution in [-0.4, -0.2) is 19.9 Å². The summed E-state index contributed by atoms with van der Waals surface area (Å²) in [5.74, 6) is 0. The molecule has 4 heteroatoms. The van der Waals surface area contributed by atoms with Crippen LogP contribution in [0.3, 0.4) is 0 Å². The largest absolute Gasteiger partial charge is 0.355 e. The Balaban J connectivity index is 2.00. The lowest BCUT2D eigenvalue weighted by Crippen LogP contribution is -2.23. The molecule has 212 valence electrons. The molecule has 0 aliphatic carbocycles. The Labute approximate surface area is 240 Å². The maximum absolute atomic E-state index is 5.36. The molecular formula is C36H48N4. The van der Waals surface area contributed by atoms with Crippen LogP contribution in [0.2, 0.25) is 0 Å². The van der Waals surface area contributed by atoms with Crippen LogP contribution in [0.4, 0.5) is 0 Å². The lowest BCUT2D eigenvalue weighted by Gasteiger charge is -2.25. The maximum Gasteiger partial charge on any atom is 0.0693 e. The highest BCUT2D eigenvalue weighted by molar-refractivity contribution is 5.93. The van der Waals surface area contributed by atoms with Crippen molar-refractivity contribution in [3.63, 3.8) is 0 Å². The fourth-order valence-electron chi connectivity index (χ4n) is 7.41. The predicted molar refractivity (Wildman–Crippen MR) is 172 cm³/mol. The molecule has 2 aliphatic heterocycles. The maximum atomic E-state index is 5.36. The van der Waals surface area contributed by atoms with E-state index in [1.807, 2.05) is 0 Å². The van der Waals surface area contributed by atoms with Crippen molar-refractivity contribution < 1.29 is 0 Å². The molecule has 2 aliphatic rings. The summed E-state index contributed by atoms with van der Waals surface area (Å²) in [5, 5.41) is 0. The summed E-state index contributed by atoms with van der Waals surface area (Å²) in [7, 11) is 0. The quantitative estimate of drug-likeness (QED) is 0.301. The molecule has 0 saturated carbocycles. The molecule has 0 unspecified atom stereocenters. The van der Waals surface area contributed by atoms with E-state index >= 15 is 0 Å². The second-order valence-corrected chi connectivity index (χ2v) is 11.5. The molecule has 0 amide bonds. The smallest absolute Gasteiger partial charge is 0.0693 e. The number of aryl methyl sites for hydroxylation is 4. The van der Waals surface area contributed by atoms with Crippen molar-refractivity contribution in [1.29, 1.82) is 0 Å². The van der Waals surface area contributed by atoms with Crippen LogP contribution in [0.15, 0.2) is 24.3 Å². The highest BCUT2D eigenvalue weighted by atomic mass is 14.8. The van der Waals surface area contributed by atoms with Crippen LogP contribution < -0.4 is 0 Å². The first-order chi connectivity index (χ1) is 19.4. The third-order valence-corrected chi connectivity index (χ3v) is 9.75. The van der Waals surface area contributed by atoms with Crippen molar-refractivity contribution in [2.75, 3.05) is 0 Å². The van der Waals surface area contributed by atoms with E-state index in [1.54, 1.807) is 0 Å². The molecule has 0 aromatic carbocycles. The van der Waals surface area contributed by atoms with Gasteiger partial charge in [0.2, 0.25) is 0 Å². The van der Waals surface area contributed by atoms with Crippen LogP contribution >= 0.6 is 0 Å². The summed E-state index contributed by atoms with van der Waals surface area (Å²) in [4.78, 5) is 18.4. The van der Waals surface area contributed by atoms with Gasteiger partial charge in [-0.2, -0.15) is 0 Å². The minimum Gasteiger partial charge on any atom is -0.355 e. The second-order valence-electron chi connectivity index (χ2n) is 11.5. The molecule has 0 fully saturated rings. The average molecular weight is 537 g/mol. The van der Waals surface area contributed by atoms with Crippen molar-refractivity contribution in [3.8, 4) is 0 Å². The summed E-state index contributed by atoms with van der Waals surface area (Å²) < 4.78 is 0. The normalized spacial score (nSPS) is 14.8. The lowest BCUT2D eigenvalue weighted by molar-refractivity contribution is 0.406. The van der Waals surface area contributed by atoms with Crippen molar-refractivity contribution in [3.05, 3.63) is 69.3 Å². The van der Waals surface area contributed by atoms with Crippen LogP contribution in [-0.2, 0) is 37.5 Å². The van der Waals surface area contributed by atoms with Gasteiger partial charge in [0.05, 0.1) is 11.4 Å². The lowest BCUT2D eigenvalue weighted by atomic mass is 9.77. The van der Waals surface area contributed by atoms with Crippen molar-refractivity contribution in [2.45, 2.75) is 119 Å². The van der Waals surface area contributed by atoms with E-state index in [9.17, 15) is 0 Å². The molecule has 2 N–H and O–H groups in total. The molecule has 5 heterocycles. The zero-order chi connectivity index (χ0) is 28.6. The van der Waals surface area contributed by atoms with Gasteiger partial charge in [0.25, 0.3) is 0 Å². The number of allylic oxidation sites excluding steroid dienone is 2. The van der Waals surface area contributed by atoms with Crippen LogP contribution in [0, 0.1) is 0 Å². The van der Waals surface area contributed by atoms with Gasteiger partial charge in [-0.15, -0.1) is 0 Å². The number of rotatable bonds is 8. The predicted octanol–water partition coefficient (Wildman–Crippen LogP) is 9.60. The second kappa shape index (κ2) is 11.4. The van der Waals surface area contributed by atoms with Gasteiger partial charge in [-0.3, -0.25) is 4.98 Å². The van der Waals surface area contributed by atoms with E-state index in [2.05, 4.69) is 89.6 Å². The minimum absolute atomic E-state index is 0.0703. The van der Waals surface area contributed by atoms with Gasteiger partial charge in [-0.25, -0.2) is 4.98 Å². The molecule has 0 spiro atoms. The molecule has 0 saturated heterocycles. The molecule has 3 aromatic rings. The number of nitrogens with one attached hydrogen (secondary N) is 2. The van der Waals surface area contributed by atoms with E-state index in [0.29, 0.717) is 0 Å². The third kappa shape index (κ3) is 4.54. The monoisotopic (exact) mass is 536 g/mol. The number of hydrogen-bond donors (Lipinski definition) is 2. The van der Waals surface area contributed by atoms with Crippen LogP contribution in [0.5, 0.6) is 0 Å². The first-order valence-corrected chi connectivity index (χ1v) is 15.9. The SMILES string of the molecule is CCC1=C(CC)c2cc3[nH]c(cc4nc(cc5[nH]c(cc1n2)c(CC)c5CC)CC4(CC)CC)c(CC)c3CC. The van der Waals surface area contributed by atoms with E-state index in [4.69, 9.17) is 9.97 Å². The van der Waals surface area contributed by atoms with Crippen molar-refractivity contribution >= 4 is 33.2 Å². The molecule has 8 bridgehead atoms. The number of aromatic nitrogens is 4. The van der Waals surface area contributed by atoms with Gasteiger partial charge < -0.3 is 9.97 Å². The van der Waals surface area contributed by atoms with Gasteiger partial charge >= 0.3 is 0 Å². The molecular weight excluding hydrogens is 488 g/mol. The van der Waals surface area contributed by atoms with E-state index in [1.165, 1.54) is 66.9 Å². The van der Waals surface area contributed by atoms with E-state index in [0.717, 1.165) is 69.2 Å². The zero-order valence-corrected chi connectivity index (χ0v) is 26.1. The third-order valence-electron chi connectivity index (χ3n) is 9.75. The van der Waals surface area contributed by atoms with Crippen molar-refractivity contribution in [2.24, 2.45) is 0 Å². The standard InChI is InChI=1S/C36H48N4/c1-9-23-24(10-2)30-18-31-25(11-3)26(12-4)32(39-31)19-33-27(13-5)28(14-6)34(40-33)20-35-36(15-7,16-8)21-22(37-35)17-29(23)38-30/h17-20,38,40H,9-16,21H2,1-8H3. The van der Waals surface area contributed by atoms with Crippen LogP contribution in [0.1, 0.15) is 126 Å². The first kappa shape index (κ1) is 28.4. The highest BCUT2D eigenvalue weighted by Gasteiger charge is 2.35. The van der Waals surface area contributed by atoms with Gasteiger partial charge in [0, 0.05) is 45.3 Å². The van der Waals surface area contributed by atoms with Gasteiger partial charge in [-0.1, -0.05) is 55.4 Å². The van der Waals surface area contributed by atoms with Gasteiger partial charge in [0.1, 0.15) is 0 Å². The van der Waals surface area contributed by atoms with Gasteiger partial charge in [-0.05, 0) is 109 Å². The number of hydrogen-bond acceptors (Lipinski definition) is 2. The summed E-state index contributed by atoms with van der Waals surface area (Å²) in [6.07, 6.45) is 9.11. The first-order valence-electron chi connectivity index (χ1n) is 15.9. The number of H-pyrrole nitrogens is 2. The Hall–Kier alpha value is -3.14. The summed E-state index contributed by atoms with van der Waals surface area (Å²) in [5.41, 5.74) is 18.0. The fraction of sp³-hybridized carbons (Fsp3) is 0.500. The minimum atomic E-state index is 0.0703. The summed E-state index contributed by atoms with van der Waals surface area (Å²) in [6.45, 7) is 18.3. The topological polar surface area (TPSA) is 57.4 Å². The molecule has 0 radical (unpaired) electrons. The summed E-state index contributed by atoms with van der Waals surface area (Å²) >= 11 is 0. The van der Waals surface area contributed by atoms with Crippen molar-refractivity contribution in [1.82, 2.24) is 19.9 Å². The zero-order valence-electron chi connectivity index (χ0n) is 26.1. The number of fused-ring (bicyclic) bond motifs is 8. The Morgan fingerprint density at radius 1 is 0.550 bits per heavy atom. The van der Waals surface area contributed by atoms with E-state index < -0.39 is 0 Å². The number of aromatic amines is 2. The molecule has 0 atom stereocenters. The Morgan fingerprint density at radius 2 is 0.975 bits per heavy atom. The molecule has 40 heavy (non-hydrogen) atoms. The Morgan fingerprint density at radius 3 is 1.38 bits per heavy atom. The van der Waals surface area contributed by atoms with E-state index in [-0.39, 0.29) is 5.41 Å². The number of nitrogens with zero attached hydrogens (tertiary/aromatic N) is 2. The average Bonchev–Trinajstić information content (AvgIpc) is 3.68. The fourth-order valence-corrected chi connectivity index (χ4v) is 7.41. The summed E-state index contributed by atoms with van der Waals surface area (Å²) in [6, 6.07) is 9.36. The molecule has 4 nitrogen and oxygen atoms in total. The molecule has 5 rings (SSSR count). The Bertz CT molecular complexity index is 1610. The molecule has 3 aromatic heterocycles. The Kier molecular flexibility index (Phi) is 8.08. The van der Waals surface area contributed by atoms with Crippen LogP contribution in [0.25, 0.3) is 33.2 Å².